The van der Waals surface area contributed by atoms with Crippen molar-refractivity contribution >= 4 is 28.3 Å². The van der Waals surface area contributed by atoms with E-state index in [0.29, 0.717) is 0 Å². The summed E-state index contributed by atoms with van der Waals surface area (Å²) in [6.45, 7) is 0. The number of nitrogens with zero attached hydrogens (tertiary/aromatic N) is 3. The van der Waals surface area contributed by atoms with Gasteiger partial charge in [0.25, 0.3) is 0 Å². The van der Waals surface area contributed by atoms with Crippen molar-refractivity contribution in [2.24, 2.45) is 0 Å². The molecule has 0 unspecified atom stereocenters. The van der Waals surface area contributed by atoms with Crippen molar-refractivity contribution in [1.29, 1.82) is 0 Å². The van der Waals surface area contributed by atoms with Crippen LogP contribution in [0.2, 0.25) is 0 Å². The molecule has 0 amide bonds. The van der Waals surface area contributed by atoms with Gasteiger partial charge in [-0.25, -0.2) is 0 Å². The highest BCUT2D eigenvalue weighted by Crippen LogP contribution is 2.31. The van der Waals surface area contributed by atoms with Gasteiger partial charge < -0.3 is 5.32 Å². The van der Waals surface area contributed by atoms with Gasteiger partial charge in [0.1, 0.15) is 5.69 Å². The molecule has 84 valence electrons. The largest absolute Gasteiger partial charge is 0.370 e. The van der Waals surface area contributed by atoms with Crippen LogP contribution in [0.3, 0.4) is 0 Å². The number of aromatic nitrogens is 3. The van der Waals surface area contributed by atoms with Gasteiger partial charge in [0.05, 0.1) is 11.7 Å². The van der Waals surface area contributed by atoms with E-state index < -0.39 is 0 Å². The third-order valence-electron chi connectivity index (χ3n) is 2.66. The topological polar surface area (TPSA) is 50.7 Å². The summed E-state index contributed by atoms with van der Waals surface area (Å²) in [5.41, 5.74) is 1.95. The summed E-state index contributed by atoms with van der Waals surface area (Å²) in [7, 11) is 1.85. The molecule has 3 rings (SSSR count). The minimum absolute atomic E-state index is 0.811. The molecule has 4 nitrogen and oxygen atoms in total. The molecule has 2 aromatic heterocycles. The van der Waals surface area contributed by atoms with E-state index in [1.54, 1.807) is 6.20 Å². The van der Waals surface area contributed by atoms with Crippen LogP contribution < -0.4 is 5.32 Å². The summed E-state index contributed by atoms with van der Waals surface area (Å²) in [5, 5.41) is 5.31. The molecule has 0 aliphatic carbocycles. The molecule has 1 N–H and O–H groups in total. The van der Waals surface area contributed by atoms with Crippen molar-refractivity contribution in [3.8, 4) is 11.3 Å². The van der Waals surface area contributed by atoms with E-state index in [9.17, 15) is 0 Å². The Morgan fingerprint density at radius 2 is 2.12 bits per heavy atom. The summed E-state index contributed by atoms with van der Waals surface area (Å²) >= 11 is 1.21. The second-order valence-corrected chi connectivity index (χ2v) is 4.14. The van der Waals surface area contributed by atoms with Crippen LogP contribution in [-0.4, -0.2) is 20.8 Å². The minimum atomic E-state index is 0.811. The average Bonchev–Trinajstić information content (AvgIpc) is 2.86. The molecule has 1 aromatic carbocycles. The predicted octanol–water partition coefficient (Wildman–Crippen LogP) is 2.80. The monoisotopic (exact) mass is 242 g/mol. The number of hydrogen-bond acceptors (Lipinski definition) is 5. The molecular formula is C12H10N4S. The minimum Gasteiger partial charge on any atom is -0.370 e. The van der Waals surface area contributed by atoms with E-state index >= 15 is 0 Å². The Morgan fingerprint density at radius 3 is 3.00 bits per heavy atom. The fraction of sp³-hybridized carbons (Fsp3) is 0.0833. The number of nitrogens with one attached hydrogen (secondary N) is 1. The first-order chi connectivity index (χ1) is 8.40. The molecule has 0 fully saturated rings. The van der Waals surface area contributed by atoms with Crippen molar-refractivity contribution in [3.05, 3.63) is 36.7 Å². The summed E-state index contributed by atoms with van der Waals surface area (Å²) in [6.07, 6.45) is 3.66. The van der Waals surface area contributed by atoms with Gasteiger partial charge in [-0.1, -0.05) is 18.2 Å². The fourth-order valence-electron chi connectivity index (χ4n) is 1.85. The quantitative estimate of drug-likeness (QED) is 0.750. The maximum absolute atomic E-state index is 4.35. The van der Waals surface area contributed by atoms with Crippen molar-refractivity contribution in [3.63, 3.8) is 0 Å². The van der Waals surface area contributed by atoms with Crippen molar-refractivity contribution in [2.75, 3.05) is 12.4 Å². The first-order valence-electron chi connectivity index (χ1n) is 5.23. The van der Waals surface area contributed by atoms with Crippen LogP contribution in [0.4, 0.5) is 5.82 Å². The third-order valence-corrected chi connectivity index (χ3v) is 3.19. The third kappa shape index (κ3) is 1.64. The summed E-state index contributed by atoms with van der Waals surface area (Å²) in [5.74, 6) is 0.811. The van der Waals surface area contributed by atoms with Gasteiger partial charge in [-0.15, -0.1) is 0 Å². The molecule has 0 saturated heterocycles. The van der Waals surface area contributed by atoms with E-state index in [4.69, 9.17) is 0 Å². The van der Waals surface area contributed by atoms with Crippen LogP contribution in [0.25, 0.3) is 22.0 Å². The average molecular weight is 242 g/mol. The number of fused-ring (bicyclic) bond motifs is 1. The van der Waals surface area contributed by atoms with Crippen LogP contribution in [0, 0.1) is 0 Å². The molecule has 17 heavy (non-hydrogen) atoms. The van der Waals surface area contributed by atoms with Crippen LogP contribution in [0.1, 0.15) is 0 Å². The predicted molar refractivity (Wildman–Crippen MR) is 70.2 cm³/mol. The van der Waals surface area contributed by atoms with Crippen molar-refractivity contribution < 1.29 is 0 Å². The fourth-order valence-corrected chi connectivity index (χ4v) is 2.42. The lowest BCUT2D eigenvalue weighted by atomic mass is 10.0. The Balaban J connectivity index is 2.31. The SMILES string of the molecule is CNc1nsnc1-c1cccc2ccncc12. The number of hydrogen-bond donors (Lipinski definition) is 1. The molecule has 0 spiro atoms. The molecular weight excluding hydrogens is 232 g/mol. The van der Waals surface area contributed by atoms with E-state index in [1.165, 1.54) is 11.7 Å². The smallest absolute Gasteiger partial charge is 0.167 e. The van der Waals surface area contributed by atoms with Gasteiger partial charge in [-0.3, -0.25) is 4.98 Å². The zero-order valence-corrected chi connectivity index (χ0v) is 10.0. The van der Waals surface area contributed by atoms with E-state index in [2.05, 4.69) is 25.1 Å². The molecule has 0 radical (unpaired) electrons. The normalized spacial score (nSPS) is 10.6. The molecule has 0 saturated carbocycles. The Hall–Kier alpha value is -2.01. The highest BCUT2D eigenvalue weighted by molar-refractivity contribution is 6.99. The van der Waals surface area contributed by atoms with E-state index in [-0.39, 0.29) is 0 Å². The summed E-state index contributed by atoms with van der Waals surface area (Å²) in [4.78, 5) is 4.17. The van der Waals surface area contributed by atoms with E-state index in [0.717, 1.165) is 27.8 Å². The van der Waals surface area contributed by atoms with Crippen LogP contribution in [0.5, 0.6) is 0 Å². The number of benzene rings is 1. The molecule has 5 heteroatoms. The van der Waals surface area contributed by atoms with E-state index in [1.807, 2.05) is 31.4 Å². The number of rotatable bonds is 2. The second kappa shape index (κ2) is 4.10. The maximum Gasteiger partial charge on any atom is 0.167 e. The number of pyridine rings is 1. The molecule has 0 aliphatic heterocycles. The van der Waals surface area contributed by atoms with Crippen LogP contribution in [-0.2, 0) is 0 Å². The van der Waals surface area contributed by atoms with Gasteiger partial charge in [0.2, 0.25) is 0 Å². The van der Waals surface area contributed by atoms with Crippen molar-refractivity contribution in [1.82, 2.24) is 13.7 Å². The Kier molecular flexibility index (Phi) is 2.45. The van der Waals surface area contributed by atoms with Crippen LogP contribution >= 0.6 is 11.7 Å². The zero-order valence-electron chi connectivity index (χ0n) is 9.21. The highest BCUT2D eigenvalue weighted by atomic mass is 32.1. The lowest BCUT2D eigenvalue weighted by molar-refractivity contribution is 1.36. The molecule has 0 bridgehead atoms. The maximum atomic E-state index is 4.35. The van der Waals surface area contributed by atoms with Gasteiger partial charge in [-0.2, -0.15) is 8.75 Å². The number of anilines is 1. The lowest BCUT2D eigenvalue weighted by Gasteiger charge is -2.04. The first kappa shape index (κ1) is 10.2. The Bertz CT molecular complexity index is 657. The summed E-state index contributed by atoms with van der Waals surface area (Å²) < 4.78 is 8.56. The summed E-state index contributed by atoms with van der Waals surface area (Å²) in [6, 6.07) is 8.13. The molecule has 0 aliphatic rings. The molecule has 3 aromatic rings. The highest BCUT2D eigenvalue weighted by Gasteiger charge is 2.11. The Morgan fingerprint density at radius 1 is 1.18 bits per heavy atom. The molecule has 0 atom stereocenters. The van der Waals surface area contributed by atoms with Gasteiger partial charge >= 0.3 is 0 Å². The van der Waals surface area contributed by atoms with Crippen molar-refractivity contribution in [2.45, 2.75) is 0 Å². The molecule has 2 heterocycles. The van der Waals surface area contributed by atoms with Gasteiger partial charge in [0.15, 0.2) is 5.82 Å². The van der Waals surface area contributed by atoms with Gasteiger partial charge in [0, 0.05) is 30.4 Å². The van der Waals surface area contributed by atoms with Crippen LogP contribution in [0.15, 0.2) is 36.7 Å². The Labute approximate surface area is 103 Å². The first-order valence-corrected chi connectivity index (χ1v) is 5.96. The second-order valence-electron chi connectivity index (χ2n) is 3.61. The standard InChI is InChI=1S/C12H10N4S/c1-13-12-11(15-17-16-12)9-4-2-3-8-5-6-14-7-10(8)9/h2-7H,1H3,(H,13,16). The lowest BCUT2D eigenvalue weighted by Crippen LogP contribution is -1.91. The zero-order chi connectivity index (χ0) is 11.7. The van der Waals surface area contributed by atoms with Gasteiger partial charge in [-0.05, 0) is 11.5 Å².